The molecule has 17 heavy (non-hydrogen) atoms. The second-order valence-corrected chi connectivity index (χ2v) is 20.0. The summed E-state index contributed by atoms with van der Waals surface area (Å²) in [5.74, 6) is 0. The van der Waals surface area contributed by atoms with Crippen molar-refractivity contribution in [2.24, 2.45) is 0 Å². The maximum absolute atomic E-state index is 2.60. The summed E-state index contributed by atoms with van der Waals surface area (Å²) in [5, 5.41) is 0. The first-order valence-corrected chi connectivity index (χ1v) is 12.4. The fraction of sp³-hybridized carbons (Fsp3) is 1.00. The van der Waals surface area contributed by atoms with Crippen LogP contribution < -0.4 is 0 Å². The summed E-state index contributed by atoms with van der Waals surface area (Å²) in [6.45, 7) is 0. The summed E-state index contributed by atoms with van der Waals surface area (Å²) in [7, 11) is 13.8. The van der Waals surface area contributed by atoms with Gasteiger partial charge in [-0.2, -0.15) is 0 Å². The maximum atomic E-state index is 2.60. The zero-order valence-corrected chi connectivity index (χ0v) is 15.5. The summed E-state index contributed by atoms with van der Waals surface area (Å²) in [4.78, 5) is 0. The average molecular weight is 348 g/mol. The van der Waals surface area contributed by atoms with E-state index in [0.717, 1.165) is 3.93 Å². The van der Waals surface area contributed by atoms with Gasteiger partial charge in [0.1, 0.15) is 0 Å². The number of rotatable bonds is 4. The van der Waals surface area contributed by atoms with Crippen molar-refractivity contribution in [3.05, 3.63) is 0 Å². The third kappa shape index (κ3) is 3.17. The van der Waals surface area contributed by atoms with Crippen molar-refractivity contribution in [1.82, 2.24) is 9.36 Å². The summed E-state index contributed by atoms with van der Waals surface area (Å²) in [6.07, 6.45) is 8.69. The van der Waals surface area contributed by atoms with Gasteiger partial charge in [-0.1, -0.05) is 0 Å². The number of hydrogen-bond donors (Lipinski definition) is 0. The molecule has 0 radical (unpaired) electrons. The Morgan fingerprint density at radius 3 is 1.29 bits per heavy atom. The van der Waals surface area contributed by atoms with Gasteiger partial charge in [0.2, 0.25) is 0 Å². The summed E-state index contributed by atoms with van der Waals surface area (Å²) < 4.78 is 8.76. The molecule has 102 valence electrons. The van der Waals surface area contributed by atoms with Gasteiger partial charge >= 0.3 is 113 Å². The van der Waals surface area contributed by atoms with Gasteiger partial charge in [0, 0.05) is 0 Å². The predicted octanol–water partition coefficient (Wildman–Crippen LogP) is 2.33. The van der Waals surface area contributed by atoms with Crippen LogP contribution in [-0.2, 0) is 0 Å². The van der Waals surface area contributed by atoms with Gasteiger partial charge in [0.25, 0.3) is 0 Å². The van der Waals surface area contributed by atoms with Crippen LogP contribution in [0.1, 0.15) is 38.5 Å². The topological polar surface area (TPSA) is 9.72 Å². The van der Waals surface area contributed by atoms with Gasteiger partial charge in [-0.3, -0.25) is 0 Å². The molecule has 0 atom stereocenters. The van der Waals surface area contributed by atoms with Crippen LogP contribution in [0.3, 0.4) is 0 Å². The van der Waals surface area contributed by atoms with Crippen LogP contribution in [0.2, 0.25) is 3.93 Å². The van der Waals surface area contributed by atoms with E-state index in [4.69, 9.17) is 0 Å². The molecule has 4 heteroatoms. The second-order valence-electron chi connectivity index (χ2n) is 6.06. The van der Waals surface area contributed by atoms with E-state index in [2.05, 4.69) is 51.7 Å². The second kappa shape index (κ2) is 6.73. The molecule has 0 spiro atoms. The normalized spacial score (nSPS) is 20.3. The minimum atomic E-state index is -2.54. The molecule has 1 aliphatic rings. The Hall–Kier alpha value is 0.679. The first-order chi connectivity index (χ1) is 7.94. The molecule has 0 aromatic rings. The Morgan fingerprint density at radius 2 is 1.00 bits per heavy atom. The number of nitrogens with zero attached hydrogens (tertiary/aromatic N) is 3. The fourth-order valence-electron chi connectivity index (χ4n) is 3.96. The van der Waals surface area contributed by atoms with Crippen molar-refractivity contribution in [2.75, 3.05) is 42.3 Å². The average Bonchev–Trinajstić information content (AvgIpc) is 2.45. The first kappa shape index (κ1) is 15.7. The van der Waals surface area contributed by atoms with Crippen LogP contribution in [0.5, 0.6) is 0 Å². The minimum absolute atomic E-state index is 0.951. The Labute approximate surface area is 113 Å². The van der Waals surface area contributed by atoms with Crippen molar-refractivity contribution in [1.29, 1.82) is 0 Å². The quantitative estimate of drug-likeness (QED) is 0.571. The third-order valence-electron chi connectivity index (χ3n) is 4.38. The van der Waals surface area contributed by atoms with E-state index in [9.17, 15) is 0 Å². The van der Waals surface area contributed by atoms with E-state index in [-0.39, 0.29) is 0 Å². The zero-order chi connectivity index (χ0) is 13.1. The van der Waals surface area contributed by atoms with Gasteiger partial charge in [0.05, 0.1) is 0 Å². The van der Waals surface area contributed by atoms with E-state index in [0.29, 0.717) is 0 Å². The molecule has 0 heterocycles. The molecule has 0 unspecified atom stereocenters. The standard InChI is InChI=1S/C7H13.3C2H6N.Sn/c1-2-4-6-7-5-3-1;3*1-3-2;/h1H,2-7H2;3*1-2H3;/q;3*-1;+3. The van der Waals surface area contributed by atoms with Crippen LogP contribution in [0, 0.1) is 0 Å². The van der Waals surface area contributed by atoms with E-state index in [1.54, 1.807) is 0 Å². The molecule has 0 aromatic carbocycles. The van der Waals surface area contributed by atoms with E-state index in [1.165, 1.54) is 38.5 Å². The van der Waals surface area contributed by atoms with Gasteiger partial charge in [-0.25, -0.2) is 0 Å². The Kier molecular flexibility index (Phi) is 6.23. The molecule has 0 aromatic heterocycles. The Balaban J connectivity index is 3.01. The van der Waals surface area contributed by atoms with Gasteiger partial charge in [-0.05, 0) is 0 Å². The predicted molar refractivity (Wildman–Crippen MR) is 78.3 cm³/mol. The van der Waals surface area contributed by atoms with E-state index < -0.39 is 19.2 Å². The molecule has 1 saturated carbocycles. The molecule has 0 saturated heterocycles. The first-order valence-electron chi connectivity index (χ1n) is 6.96. The van der Waals surface area contributed by atoms with Gasteiger partial charge in [0.15, 0.2) is 0 Å². The van der Waals surface area contributed by atoms with E-state index in [1.807, 2.05) is 0 Å². The molecule has 0 bridgehead atoms. The molecule has 0 aliphatic heterocycles. The SMILES string of the molecule is C[N](C)[Sn]([CH]1CCCCCC1)([N](C)C)[N](C)C. The van der Waals surface area contributed by atoms with Gasteiger partial charge < -0.3 is 0 Å². The van der Waals surface area contributed by atoms with Crippen molar-refractivity contribution in [3.63, 3.8) is 0 Å². The van der Waals surface area contributed by atoms with Gasteiger partial charge in [-0.15, -0.1) is 0 Å². The van der Waals surface area contributed by atoms with Crippen LogP contribution in [0.25, 0.3) is 0 Å². The molecule has 0 amide bonds. The third-order valence-corrected chi connectivity index (χ3v) is 20.4. The van der Waals surface area contributed by atoms with Crippen LogP contribution in [0.15, 0.2) is 0 Å². The summed E-state index contributed by atoms with van der Waals surface area (Å²) >= 11 is -2.54. The van der Waals surface area contributed by atoms with Crippen LogP contribution in [-0.4, -0.2) is 70.8 Å². The molecule has 1 aliphatic carbocycles. The molecule has 0 N–H and O–H groups in total. The Bertz CT molecular complexity index is 199. The fourth-order valence-corrected chi connectivity index (χ4v) is 20.4. The van der Waals surface area contributed by atoms with Crippen molar-refractivity contribution in [2.45, 2.75) is 42.5 Å². The van der Waals surface area contributed by atoms with Crippen molar-refractivity contribution < 1.29 is 0 Å². The molecule has 1 fully saturated rings. The molecular weight excluding hydrogens is 317 g/mol. The van der Waals surface area contributed by atoms with Crippen LogP contribution in [0.4, 0.5) is 0 Å². The number of hydrogen-bond acceptors (Lipinski definition) is 3. The van der Waals surface area contributed by atoms with Crippen molar-refractivity contribution in [3.8, 4) is 0 Å². The molecule has 1 rings (SSSR count). The zero-order valence-electron chi connectivity index (χ0n) is 12.7. The monoisotopic (exact) mass is 349 g/mol. The summed E-state index contributed by atoms with van der Waals surface area (Å²) in [5.41, 5.74) is 0. The van der Waals surface area contributed by atoms with Crippen LogP contribution >= 0.6 is 0 Å². The summed E-state index contributed by atoms with van der Waals surface area (Å²) in [6, 6.07) is 0. The molecular formula is C13H31N3Sn. The Morgan fingerprint density at radius 1 is 0.647 bits per heavy atom. The molecule has 3 nitrogen and oxygen atoms in total. The van der Waals surface area contributed by atoms with E-state index >= 15 is 0 Å². The van der Waals surface area contributed by atoms with Crippen molar-refractivity contribution >= 4 is 19.2 Å².